The fourth-order valence-corrected chi connectivity index (χ4v) is 2.85. The summed E-state index contributed by atoms with van der Waals surface area (Å²) in [6.45, 7) is 0.645. The van der Waals surface area contributed by atoms with Gasteiger partial charge in [0, 0.05) is 24.2 Å². The molecule has 1 N–H and O–H groups in total. The average Bonchev–Trinajstić information content (AvgIpc) is 3.13. The molecule has 5 heteroatoms. The van der Waals surface area contributed by atoms with E-state index in [0.29, 0.717) is 24.0 Å². The highest BCUT2D eigenvalue weighted by atomic mass is 16.7. The Balaban J connectivity index is 1.96. The van der Waals surface area contributed by atoms with E-state index in [1.807, 2.05) is 12.1 Å². The predicted molar refractivity (Wildman–Crippen MR) is 71.0 cm³/mol. The molecule has 0 aromatic heterocycles. The monoisotopic (exact) mass is 278 g/mol. The van der Waals surface area contributed by atoms with Crippen molar-refractivity contribution in [3.63, 3.8) is 0 Å². The van der Waals surface area contributed by atoms with E-state index in [1.165, 1.54) is 0 Å². The van der Waals surface area contributed by atoms with E-state index in [0.717, 1.165) is 24.0 Å². The number of hydrogen-bond donors (Lipinski definition) is 1. The van der Waals surface area contributed by atoms with Gasteiger partial charge in [-0.25, -0.2) is 0 Å². The van der Waals surface area contributed by atoms with Crippen molar-refractivity contribution in [3.8, 4) is 11.5 Å². The zero-order valence-electron chi connectivity index (χ0n) is 11.4. The third kappa shape index (κ3) is 2.45. The van der Waals surface area contributed by atoms with Crippen LogP contribution in [0.5, 0.6) is 11.5 Å². The third-order valence-corrected chi connectivity index (χ3v) is 3.92. The van der Waals surface area contributed by atoms with Crippen molar-refractivity contribution in [1.82, 2.24) is 0 Å². The fraction of sp³-hybridized carbons (Fsp3) is 0.533. The number of rotatable bonds is 6. The predicted octanol–water partition coefficient (Wildman–Crippen LogP) is 2.53. The van der Waals surface area contributed by atoms with Gasteiger partial charge >= 0.3 is 5.97 Å². The normalized spacial score (nSPS) is 18.1. The maximum absolute atomic E-state index is 11.1. The molecule has 0 saturated heterocycles. The standard InChI is InChI=1S/C15H18O5/c1-18-7-10-4-5-11(15-14(10)19-8-20-15)12(6-13(16)17)9-2-3-9/h4-5,9,12H,2-3,6-8H2,1H3,(H,16,17). The lowest BCUT2D eigenvalue weighted by molar-refractivity contribution is -0.137. The van der Waals surface area contributed by atoms with Crippen LogP contribution >= 0.6 is 0 Å². The summed E-state index contributed by atoms with van der Waals surface area (Å²) >= 11 is 0. The average molecular weight is 278 g/mol. The highest BCUT2D eigenvalue weighted by molar-refractivity contribution is 5.69. The number of hydrogen-bond acceptors (Lipinski definition) is 4. The first-order valence-electron chi connectivity index (χ1n) is 6.82. The van der Waals surface area contributed by atoms with Gasteiger partial charge in [0.05, 0.1) is 13.0 Å². The molecule has 0 spiro atoms. The minimum absolute atomic E-state index is 0.0135. The molecular weight excluding hydrogens is 260 g/mol. The summed E-state index contributed by atoms with van der Waals surface area (Å²) in [5.74, 6) is 1.11. The summed E-state index contributed by atoms with van der Waals surface area (Å²) in [5, 5.41) is 9.12. The van der Waals surface area contributed by atoms with Crippen LogP contribution in [0.1, 0.15) is 36.3 Å². The molecule has 108 valence electrons. The Labute approximate surface area is 117 Å². The van der Waals surface area contributed by atoms with E-state index in [2.05, 4.69) is 0 Å². The summed E-state index contributed by atoms with van der Waals surface area (Å²) in [6.07, 6.45) is 2.32. The lowest BCUT2D eigenvalue weighted by Crippen LogP contribution is -2.09. The molecule has 1 fully saturated rings. The molecule has 1 aromatic carbocycles. The maximum atomic E-state index is 11.1. The number of ether oxygens (including phenoxy) is 3. The summed E-state index contributed by atoms with van der Waals surface area (Å²) in [7, 11) is 1.63. The molecule has 2 aliphatic rings. The van der Waals surface area contributed by atoms with Gasteiger partial charge in [-0.05, 0) is 18.8 Å². The van der Waals surface area contributed by atoms with Crippen LogP contribution in [-0.4, -0.2) is 25.0 Å². The van der Waals surface area contributed by atoms with Gasteiger partial charge in [-0.2, -0.15) is 0 Å². The second kappa shape index (κ2) is 5.32. The van der Waals surface area contributed by atoms with Crippen LogP contribution in [0, 0.1) is 5.92 Å². The topological polar surface area (TPSA) is 65.0 Å². The minimum Gasteiger partial charge on any atom is -0.481 e. The van der Waals surface area contributed by atoms with Crippen molar-refractivity contribution >= 4 is 5.97 Å². The van der Waals surface area contributed by atoms with Crippen LogP contribution in [0.15, 0.2) is 12.1 Å². The molecular formula is C15H18O5. The molecule has 1 unspecified atom stereocenters. The van der Waals surface area contributed by atoms with E-state index in [-0.39, 0.29) is 19.1 Å². The minimum atomic E-state index is -0.768. The molecule has 1 saturated carbocycles. The number of carboxylic acids is 1. The third-order valence-electron chi connectivity index (χ3n) is 3.92. The van der Waals surface area contributed by atoms with Crippen molar-refractivity contribution in [2.45, 2.75) is 31.8 Å². The Morgan fingerprint density at radius 2 is 2.15 bits per heavy atom. The zero-order chi connectivity index (χ0) is 14.1. The van der Waals surface area contributed by atoms with Gasteiger partial charge in [0.15, 0.2) is 11.5 Å². The Morgan fingerprint density at radius 1 is 1.40 bits per heavy atom. The van der Waals surface area contributed by atoms with Crippen molar-refractivity contribution in [2.75, 3.05) is 13.9 Å². The molecule has 1 aliphatic heterocycles. The SMILES string of the molecule is COCc1ccc(C(CC(=O)O)C2CC2)c2c1OCO2. The quantitative estimate of drug-likeness (QED) is 0.866. The molecule has 20 heavy (non-hydrogen) atoms. The number of fused-ring (bicyclic) bond motifs is 1. The van der Waals surface area contributed by atoms with Crippen molar-refractivity contribution in [3.05, 3.63) is 23.3 Å². The number of carboxylic acid groups (broad SMARTS) is 1. The summed E-state index contributed by atoms with van der Waals surface area (Å²) in [5.41, 5.74) is 1.90. The smallest absolute Gasteiger partial charge is 0.303 e. The first-order valence-corrected chi connectivity index (χ1v) is 6.82. The molecule has 1 atom stereocenters. The highest BCUT2D eigenvalue weighted by Gasteiger charge is 2.37. The van der Waals surface area contributed by atoms with Gasteiger partial charge in [-0.15, -0.1) is 0 Å². The van der Waals surface area contributed by atoms with Gasteiger partial charge in [0.2, 0.25) is 6.79 Å². The number of benzene rings is 1. The second-order valence-corrected chi connectivity index (χ2v) is 5.35. The van der Waals surface area contributed by atoms with Crippen molar-refractivity contribution in [1.29, 1.82) is 0 Å². The van der Waals surface area contributed by atoms with E-state index < -0.39 is 5.97 Å². The summed E-state index contributed by atoms with van der Waals surface area (Å²) in [6, 6.07) is 3.91. The maximum Gasteiger partial charge on any atom is 0.303 e. The Bertz CT molecular complexity index is 521. The fourth-order valence-electron chi connectivity index (χ4n) is 2.85. The Morgan fingerprint density at radius 3 is 2.80 bits per heavy atom. The van der Waals surface area contributed by atoms with Gasteiger partial charge in [-0.3, -0.25) is 4.79 Å². The first-order chi connectivity index (χ1) is 9.70. The van der Waals surface area contributed by atoms with E-state index in [9.17, 15) is 4.79 Å². The van der Waals surface area contributed by atoms with E-state index >= 15 is 0 Å². The molecule has 0 bridgehead atoms. The Hall–Kier alpha value is -1.75. The molecule has 3 rings (SSSR count). The van der Waals surface area contributed by atoms with Gasteiger partial charge in [0.25, 0.3) is 0 Å². The number of carbonyl (C=O) groups is 1. The van der Waals surface area contributed by atoms with Crippen LogP contribution in [0.2, 0.25) is 0 Å². The molecule has 5 nitrogen and oxygen atoms in total. The largest absolute Gasteiger partial charge is 0.481 e. The van der Waals surface area contributed by atoms with Crippen molar-refractivity contribution in [2.24, 2.45) is 5.92 Å². The first kappa shape index (κ1) is 13.2. The highest BCUT2D eigenvalue weighted by Crippen LogP contribution is 2.50. The summed E-state index contributed by atoms with van der Waals surface area (Å²) in [4.78, 5) is 11.1. The Kier molecular flexibility index (Phi) is 3.53. The summed E-state index contributed by atoms with van der Waals surface area (Å²) < 4.78 is 16.3. The van der Waals surface area contributed by atoms with E-state index in [4.69, 9.17) is 19.3 Å². The zero-order valence-corrected chi connectivity index (χ0v) is 11.4. The van der Waals surface area contributed by atoms with Gasteiger partial charge in [0.1, 0.15) is 0 Å². The molecule has 0 radical (unpaired) electrons. The lowest BCUT2D eigenvalue weighted by Gasteiger charge is -2.17. The molecule has 1 aromatic rings. The van der Waals surface area contributed by atoms with Gasteiger partial charge in [-0.1, -0.05) is 12.1 Å². The molecule has 0 amide bonds. The van der Waals surface area contributed by atoms with Crippen LogP contribution < -0.4 is 9.47 Å². The lowest BCUT2D eigenvalue weighted by atomic mass is 9.89. The van der Waals surface area contributed by atoms with Gasteiger partial charge < -0.3 is 19.3 Å². The number of methoxy groups -OCH3 is 1. The van der Waals surface area contributed by atoms with Crippen LogP contribution in [0.3, 0.4) is 0 Å². The van der Waals surface area contributed by atoms with Crippen LogP contribution in [0.4, 0.5) is 0 Å². The van der Waals surface area contributed by atoms with Crippen LogP contribution in [0.25, 0.3) is 0 Å². The van der Waals surface area contributed by atoms with Crippen molar-refractivity contribution < 1.29 is 24.1 Å². The number of aliphatic carboxylic acids is 1. The molecule has 1 aliphatic carbocycles. The van der Waals surface area contributed by atoms with E-state index in [1.54, 1.807) is 7.11 Å². The molecule has 1 heterocycles. The van der Waals surface area contributed by atoms with Crippen LogP contribution in [-0.2, 0) is 16.1 Å². The second-order valence-electron chi connectivity index (χ2n) is 5.35.